The van der Waals surface area contributed by atoms with Gasteiger partial charge in [-0.05, 0) is 29.2 Å². The summed E-state index contributed by atoms with van der Waals surface area (Å²) >= 11 is 1.39. The summed E-state index contributed by atoms with van der Waals surface area (Å²) in [4.78, 5) is 27.9. The Bertz CT molecular complexity index is 960. The Labute approximate surface area is 168 Å². The van der Waals surface area contributed by atoms with E-state index >= 15 is 0 Å². The molecule has 2 amide bonds. The standard InChI is InChI=1S/C22H23N3O2S/c1-14(2)17-8-10-19(11-9-17)21(27)25-22-24-20(13-28-22)18-6-4-16(5-7-18)12-23-15(3)26/h4-11,13-14H,12H2,1-3H3,(H,23,26)(H,24,25,27). The summed E-state index contributed by atoms with van der Waals surface area (Å²) < 4.78 is 0. The summed E-state index contributed by atoms with van der Waals surface area (Å²) in [5, 5.41) is 8.12. The number of nitrogens with zero attached hydrogens (tertiary/aromatic N) is 1. The van der Waals surface area contributed by atoms with Crippen molar-refractivity contribution in [2.24, 2.45) is 0 Å². The first-order valence-corrected chi connectivity index (χ1v) is 10.0. The van der Waals surface area contributed by atoms with Gasteiger partial charge in [0.05, 0.1) is 5.69 Å². The Kier molecular flexibility index (Phi) is 6.21. The topological polar surface area (TPSA) is 71.1 Å². The number of rotatable bonds is 6. The molecule has 0 unspecified atom stereocenters. The quantitative estimate of drug-likeness (QED) is 0.631. The number of aromatic nitrogens is 1. The minimum absolute atomic E-state index is 0.0530. The van der Waals surface area contributed by atoms with E-state index in [1.165, 1.54) is 23.8 Å². The van der Waals surface area contributed by atoms with Crippen molar-refractivity contribution in [1.82, 2.24) is 10.3 Å². The zero-order chi connectivity index (χ0) is 20.1. The average Bonchev–Trinajstić information content (AvgIpc) is 3.15. The van der Waals surface area contributed by atoms with Crippen LogP contribution in [0.5, 0.6) is 0 Å². The highest BCUT2D eigenvalue weighted by molar-refractivity contribution is 7.14. The van der Waals surface area contributed by atoms with Crippen LogP contribution in [0.3, 0.4) is 0 Å². The summed E-state index contributed by atoms with van der Waals surface area (Å²) in [6, 6.07) is 15.5. The summed E-state index contributed by atoms with van der Waals surface area (Å²) in [6.45, 7) is 6.25. The van der Waals surface area contributed by atoms with Crippen LogP contribution in [0.15, 0.2) is 53.9 Å². The van der Waals surface area contributed by atoms with Crippen molar-refractivity contribution < 1.29 is 9.59 Å². The van der Waals surface area contributed by atoms with Gasteiger partial charge in [-0.1, -0.05) is 50.2 Å². The number of thiazole rings is 1. The normalized spacial score (nSPS) is 10.7. The maximum atomic E-state index is 12.4. The van der Waals surface area contributed by atoms with Gasteiger partial charge in [0, 0.05) is 30.0 Å². The Morgan fingerprint density at radius 3 is 2.32 bits per heavy atom. The van der Waals surface area contributed by atoms with Gasteiger partial charge in [0.15, 0.2) is 5.13 Å². The molecule has 0 bridgehead atoms. The summed E-state index contributed by atoms with van der Waals surface area (Å²) in [5.74, 6) is 0.216. The number of hydrogen-bond acceptors (Lipinski definition) is 4. The fraction of sp³-hybridized carbons (Fsp3) is 0.227. The van der Waals surface area contributed by atoms with Crippen LogP contribution in [0.1, 0.15) is 48.2 Å². The Hall–Kier alpha value is -2.99. The van der Waals surface area contributed by atoms with Gasteiger partial charge in [-0.15, -0.1) is 11.3 Å². The number of carbonyl (C=O) groups excluding carboxylic acids is 2. The van der Waals surface area contributed by atoms with Crippen molar-refractivity contribution in [3.63, 3.8) is 0 Å². The molecule has 0 saturated heterocycles. The third kappa shape index (κ3) is 5.04. The molecule has 6 heteroatoms. The van der Waals surface area contributed by atoms with E-state index in [9.17, 15) is 9.59 Å². The Morgan fingerprint density at radius 2 is 1.71 bits per heavy atom. The minimum atomic E-state index is -0.165. The number of anilines is 1. The SMILES string of the molecule is CC(=O)NCc1ccc(-c2csc(NC(=O)c3ccc(C(C)C)cc3)n2)cc1. The zero-order valence-electron chi connectivity index (χ0n) is 16.2. The van der Waals surface area contributed by atoms with Crippen LogP contribution in [-0.2, 0) is 11.3 Å². The van der Waals surface area contributed by atoms with Gasteiger partial charge in [0.1, 0.15) is 0 Å². The van der Waals surface area contributed by atoms with E-state index in [1.807, 2.05) is 53.9 Å². The van der Waals surface area contributed by atoms with E-state index in [1.54, 1.807) is 0 Å². The first-order chi connectivity index (χ1) is 13.4. The molecule has 0 spiro atoms. The fourth-order valence-corrected chi connectivity index (χ4v) is 3.39. The molecule has 0 atom stereocenters. The Morgan fingerprint density at radius 1 is 1.04 bits per heavy atom. The lowest BCUT2D eigenvalue weighted by Crippen LogP contribution is -2.18. The number of amides is 2. The predicted octanol–water partition coefficient (Wildman–Crippen LogP) is 4.82. The molecule has 1 heterocycles. The summed E-state index contributed by atoms with van der Waals surface area (Å²) in [5.41, 5.74) is 4.61. The van der Waals surface area contributed by atoms with Crippen LogP contribution < -0.4 is 10.6 Å². The molecule has 0 radical (unpaired) electrons. The molecule has 3 rings (SSSR count). The maximum Gasteiger partial charge on any atom is 0.257 e. The van der Waals surface area contributed by atoms with Gasteiger partial charge in [0.2, 0.25) is 5.91 Å². The third-order valence-corrected chi connectivity index (χ3v) is 5.11. The van der Waals surface area contributed by atoms with Crippen LogP contribution in [-0.4, -0.2) is 16.8 Å². The van der Waals surface area contributed by atoms with Crippen molar-refractivity contribution >= 4 is 28.3 Å². The minimum Gasteiger partial charge on any atom is -0.352 e. The largest absolute Gasteiger partial charge is 0.352 e. The maximum absolute atomic E-state index is 12.4. The fourth-order valence-electron chi connectivity index (χ4n) is 2.67. The number of benzene rings is 2. The van der Waals surface area contributed by atoms with E-state index in [0.29, 0.717) is 23.2 Å². The van der Waals surface area contributed by atoms with Gasteiger partial charge in [-0.25, -0.2) is 4.98 Å². The van der Waals surface area contributed by atoms with Crippen LogP contribution in [0.25, 0.3) is 11.3 Å². The zero-order valence-corrected chi connectivity index (χ0v) is 17.0. The van der Waals surface area contributed by atoms with Gasteiger partial charge in [-0.3, -0.25) is 14.9 Å². The third-order valence-electron chi connectivity index (χ3n) is 4.36. The molecule has 144 valence electrons. The van der Waals surface area contributed by atoms with Crippen LogP contribution in [0, 0.1) is 0 Å². The van der Waals surface area contributed by atoms with Crippen LogP contribution in [0.2, 0.25) is 0 Å². The molecule has 2 aromatic carbocycles. The molecule has 1 aromatic heterocycles. The second kappa shape index (κ2) is 8.80. The average molecular weight is 394 g/mol. The second-order valence-electron chi connectivity index (χ2n) is 6.88. The van der Waals surface area contributed by atoms with Gasteiger partial charge in [-0.2, -0.15) is 0 Å². The van der Waals surface area contributed by atoms with Crippen molar-refractivity contribution in [2.75, 3.05) is 5.32 Å². The Balaban J connectivity index is 1.65. The lowest BCUT2D eigenvalue weighted by Gasteiger charge is -2.06. The first kappa shape index (κ1) is 19.8. The van der Waals surface area contributed by atoms with Crippen molar-refractivity contribution in [1.29, 1.82) is 0 Å². The van der Waals surface area contributed by atoms with E-state index in [0.717, 1.165) is 16.8 Å². The van der Waals surface area contributed by atoms with Crippen molar-refractivity contribution in [2.45, 2.75) is 33.2 Å². The molecule has 2 N–H and O–H groups in total. The van der Waals surface area contributed by atoms with Crippen LogP contribution in [0.4, 0.5) is 5.13 Å². The molecular weight excluding hydrogens is 370 g/mol. The van der Waals surface area contributed by atoms with E-state index in [-0.39, 0.29) is 11.8 Å². The predicted molar refractivity (Wildman–Crippen MR) is 114 cm³/mol. The van der Waals surface area contributed by atoms with E-state index in [4.69, 9.17) is 0 Å². The molecule has 0 aliphatic rings. The first-order valence-electron chi connectivity index (χ1n) is 9.13. The molecule has 5 nitrogen and oxygen atoms in total. The number of carbonyl (C=O) groups is 2. The summed E-state index contributed by atoms with van der Waals surface area (Å²) in [6.07, 6.45) is 0. The molecule has 0 saturated carbocycles. The highest BCUT2D eigenvalue weighted by Gasteiger charge is 2.11. The highest BCUT2D eigenvalue weighted by Crippen LogP contribution is 2.25. The molecular formula is C22H23N3O2S. The lowest BCUT2D eigenvalue weighted by molar-refractivity contribution is -0.119. The lowest BCUT2D eigenvalue weighted by atomic mass is 10.0. The van der Waals surface area contributed by atoms with E-state index < -0.39 is 0 Å². The van der Waals surface area contributed by atoms with Crippen molar-refractivity contribution in [3.05, 3.63) is 70.6 Å². The molecule has 28 heavy (non-hydrogen) atoms. The van der Waals surface area contributed by atoms with E-state index in [2.05, 4.69) is 29.5 Å². The van der Waals surface area contributed by atoms with Gasteiger partial charge >= 0.3 is 0 Å². The monoisotopic (exact) mass is 393 g/mol. The smallest absolute Gasteiger partial charge is 0.257 e. The van der Waals surface area contributed by atoms with Gasteiger partial charge in [0.25, 0.3) is 5.91 Å². The summed E-state index contributed by atoms with van der Waals surface area (Å²) in [7, 11) is 0. The van der Waals surface area contributed by atoms with Crippen molar-refractivity contribution in [3.8, 4) is 11.3 Å². The second-order valence-corrected chi connectivity index (χ2v) is 7.73. The highest BCUT2D eigenvalue weighted by atomic mass is 32.1. The molecule has 0 fully saturated rings. The molecule has 0 aliphatic carbocycles. The molecule has 0 aliphatic heterocycles. The van der Waals surface area contributed by atoms with Gasteiger partial charge < -0.3 is 5.32 Å². The van der Waals surface area contributed by atoms with Crippen LogP contribution >= 0.6 is 11.3 Å². The number of hydrogen-bond donors (Lipinski definition) is 2. The number of nitrogens with one attached hydrogen (secondary N) is 2. The molecule has 3 aromatic rings.